The minimum Gasteiger partial charge on any atom is -0.450 e. The lowest BCUT2D eigenvalue weighted by Crippen LogP contribution is -3.19. The van der Waals surface area contributed by atoms with E-state index in [2.05, 4.69) is 5.32 Å². The third-order valence-electron chi connectivity index (χ3n) is 4.82. The fourth-order valence-corrected chi connectivity index (χ4v) is 3.95. The molecule has 1 aliphatic heterocycles. The number of hydrogen-bond donors (Lipinski definition) is 2. The predicted octanol–water partition coefficient (Wildman–Crippen LogP) is -0.379. The van der Waals surface area contributed by atoms with E-state index in [4.69, 9.17) is 4.74 Å². The normalized spacial score (nSPS) is 16.7. The summed E-state index contributed by atoms with van der Waals surface area (Å²) in [5, 5.41) is 2.80. The van der Waals surface area contributed by atoms with Crippen molar-refractivity contribution in [3.8, 4) is 0 Å². The maximum atomic E-state index is 12.6. The number of amides is 2. The SMILES string of the molecule is CCOC(=O)N1CC[NH+]([C@@H](C)C(=O)Nc2cccc(S(=O)(=O)N(C)C)c2)CC1. The molecule has 2 amide bonds. The van der Waals surface area contributed by atoms with Crippen LogP contribution in [0.15, 0.2) is 29.2 Å². The van der Waals surface area contributed by atoms with Gasteiger partial charge in [-0.25, -0.2) is 17.5 Å². The van der Waals surface area contributed by atoms with Gasteiger partial charge in [0.15, 0.2) is 6.04 Å². The van der Waals surface area contributed by atoms with Crippen LogP contribution in [0, 0.1) is 0 Å². The van der Waals surface area contributed by atoms with Crippen molar-refractivity contribution in [2.24, 2.45) is 0 Å². The number of nitrogens with one attached hydrogen (secondary N) is 2. The maximum absolute atomic E-state index is 12.6. The number of piperazine rings is 1. The largest absolute Gasteiger partial charge is 0.450 e. The fraction of sp³-hybridized carbons (Fsp3) is 0.556. The topological polar surface area (TPSA) is 100 Å². The molecule has 9 nitrogen and oxygen atoms in total. The number of benzene rings is 1. The summed E-state index contributed by atoms with van der Waals surface area (Å²) in [5.74, 6) is -0.195. The smallest absolute Gasteiger partial charge is 0.410 e. The lowest BCUT2D eigenvalue weighted by Gasteiger charge is -2.34. The molecule has 0 bridgehead atoms. The Balaban J connectivity index is 1.97. The molecule has 1 aromatic carbocycles. The maximum Gasteiger partial charge on any atom is 0.410 e. The van der Waals surface area contributed by atoms with Gasteiger partial charge in [-0.3, -0.25) is 9.69 Å². The van der Waals surface area contributed by atoms with E-state index in [0.717, 1.165) is 9.21 Å². The van der Waals surface area contributed by atoms with Gasteiger partial charge >= 0.3 is 6.09 Å². The Labute approximate surface area is 166 Å². The van der Waals surface area contributed by atoms with Crippen LogP contribution in [0.3, 0.4) is 0 Å². The molecule has 1 heterocycles. The molecule has 1 atom stereocenters. The first-order valence-electron chi connectivity index (χ1n) is 9.26. The number of ether oxygens (including phenoxy) is 1. The molecule has 10 heteroatoms. The van der Waals surface area contributed by atoms with Gasteiger partial charge in [0, 0.05) is 19.8 Å². The van der Waals surface area contributed by atoms with Crippen LogP contribution < -0.4 is 10.2 Å². The fourth-order valence-electron chi connectivity index (χ4n) is 3.01. The third kappa shape index (κ3) is 5.21. The van der Waals surface area contributed by atoms with E-state index in [1.165, 1.54) is 26.2 Å². The van der Waals surface area contributed by atoms with E-state index in [1.54, 1.807) is 24.0 Å². The second-order valence-electron chi connectivity index (χ2n) is 6.87. The van der Waals surface area contributed by atoms with E-state index in [-0.39, 0.29) is 22.9 Å². The molecule has 156 valence electrons. The number of hydrogen-bond acceptors (Lipinski definition) is 5. The summed E-state index contributed by atoms with van der Waals surface area (Å²) in [6, 6.07) is 5.87. The highest BCUT2D eigenvalue weighted by Crippen LogP contribution is 2.18. The molecule has 0 saturated carbocycles. The monoisotopic (exact) mass is 413 g/mol. The van der Waals surface area contributed by atoms with Gasteiger partial charge in [0.25, 0.3) is 5.91 Å². The van der Waals surface area contributed by atoms with Crippen molar-refractivity contribution in [1.82, 2.24) is 9.21 Å². The van der Waals surface area contributed by atoms with Crippen LogP contribution in [0.1, 0.15) is 13.8 Å². The van der Waals surface area contributed by atoms with Crippen molar-refractivity contribution in [1.29, 1.82) is 0 Å². The molecular weight excluding hydrogens is 384 g/mol. The molecule has 0 aromatic heterocycles. The number of carbonyl (C=O) groups excluding carboxylic acids is 2. The van der Waals surface area contributed by atoms with Gasteiger partial charge in [0.05, 0.1) is 37.7 Å². The minimum absolute atomic E-state index is 0.123. The van der Waals surface area contributed by atoms with Gasteiger partial charge < -0.3 is 15.0 Å². The zero-order chi connectivity index (χ0) is 20.9. The van der Waals surface area contributed by atoms with Crippen molar-refractivity contribution in [3.63, 3.8) is 0 Å². The summed E-state index contributed by atoms with van der Waals surface area (Å²) in [7, 11) is -0.647. The lowest BCUT2D eigenvalue weighted by molar-refractivity contribution is -0.917. The van der Waals surface area contributed by atoms with Crippen LogP contribution in [0.5, 0.6) is 0 Å². The van der Waals surface area contributed by atoms with E-state index in [0.29, 0.717) is 38.5 Å². The van der Waals surface area contributed by atoms with Crippen molar-refractivity contribution in [3.05, 3.63) is 24.3 Å². The van der Waals surface area contributed by atoms with Gasteiger partial charge in [-0.2, -0.15) is 0 Å². The Kier molecular flexibility index (Phi) is 7.39. The summed E-state index contributed by atoms with van der Waals surface area (Å²) in [5.41, 5.74) is 0.435. The molecular formula is C18H29N4O5S+. The number of anilines is 1. The van der Waals surface area contributed by atoms with Gasteiger partial charge in [-0.15, -0.1) is 0 Å². The van der Waals surface area contributed by atoms with Crippen LogP contribution in [0.25, 0.3) is 0 Å². The van der Waals surface area contributed by atoms with Crippen LogP contribution in [0.2, 0.25) is 0 Å². The van der Waals surface area contributed by atoms with E-state index in [9.17, 15) is 18.0 Å². The van der Waals surface area contributed by atoms with Gasteiger partial charge in [0.1, 0.15) is 0 Å². The van der Waals surface area contributed by atoms with Gasteiger partial charge in [0.2, 0.25) is 10.0 Å². The first kappa shape index (κ1) is 22.1. The van der Waals surface area contributed by atoms with E-state index >= 15 is 0 Å². The second kappa shape index (κ2) is 9.35. The summed E-state index contributed by atoms with van der Waals surface area (Å²) < 4.78 is 30.6. The molecule has 0 spiro atoms. The molecule has 1 saturated heterocycles. The van der Waals surface area contributed by atoms with Crippen molar-refractivity contribution < 1.29 is 27.6 Å². The van der Waals surface area contributed by atoms with Crippen molar-refractivity contribution >= 4 is 27.7 Å². The number of carbonyl (C=O) groups is 2. The number of sulfonamides is 1. The zero-order valence-electron chi connectivity index (χ0n) is 16.8. The first-order chi connectivity index (χ1) is 13.2. The molecule has 0 radical (unpaired) electrons. The van der Waals surface area contributed by atoms with Crippen LogP contribution in [-0.4, -0.2) is 82.5 Å². The molecule has 0 unspecified atom stereocenters. The Morgan fingerprint density at radius 2 is 1.93 bits per heavy atom. The molecule has 1 aliphatic rings. The number of nitrogens with zero attached hydrogens (tertiary/aromatic N) is 2. The zero-order valence-corrected chi connectivity index (χ0v) is 17.6. The average Bonchev–Trinajstić information content (AvgIpc) is 2.67. The Morgan fingerprint density at radius 3 is 2.50 bits per heavy atom. The molecule has 1 aromatic rings. The van der Waals surface area contributed by atoms with Crippen LogP contribution in [-0.2, 0) is 19.6 Å². The second-order valence-corrected chi connectivity index (χ2v) is 9.02. The highest BCUT2D eigenvalue weighted by atomic mass is 32.2. The van der Waals surface area contributed by atoms with Crippen LogP contribution in [0.4, 0.5) is 10.5 Å². The standard InChI is InChI=1S/C18H28N4O5S/c1-5-27-18(24)22-11-9-21(10-12-22)14(2)17(23)19-15-7-6-8-16(13-15)28(25,26)20(3)4/h6-8,13-14H,5,9-12H2,1-4H3,(H,19,23)/p+1/t14-/m0/s1. The average molecular weight is 414 g/mol. The Hall–Kier alpha value is -2.17. The number of rotatable bonds is 6. The third-order valence-corrected chi connectivity index (χ3v) is 6.63. The molecule has 0 aliphatic carbocycles. The number of quaternary nitrogens is 1. The summed E-state index contributed by atoms with van der Waals surface area (Å²) >= 11 is 0. The lowest BCUT2D eigenvalue weighted by atomic mass is 10.2. The first-order valence-corrected chi connectivity index (χ1v) is 10.7. The van der Waals surface area contributed by atoms with Gasteiger partial charge in [-0.1, -0.05) is 6.07 Å². The Morgan fingerprint density at radius 1 is 1.29 bits per heavy atom. The van der Waals surface area contributed by atoms with Crippen molar-refractivity contribution in [2.75, 3.05) is 52.2 Å². The highest BCUT2D eigenvalue weighted by Gasteiger charge is 2.31. The van der Waals surface area contributed by atoms with Crippen molar-refractivity contribution in [2.45, 2.75) is 24.8 Å². The van der Waals surface area contributed by atoms with E-state index < -0.39 is 10.0 Å². The molecule has 2 N–H and O–H groups in total. The van der Waals surface area contributed by atoms with Crippen LogP contribution >= 0.6 is 0 Å². The summed E-state index contributed by atoms with van der Waals surface area (Å²) in [6.45, 7) is 6.28. The predicted molar refractivity (Wildman–Crippen MR) is 105 cm³/mol. The minimum atomic E-state index is -3.57. The van der Waals surface area contributed by atoms with Gasteiger partial charge in [-0.05, 0) is 32.0 Å². The summed E-state index contributed by atoms with van der Waals surface area (Å²) in [6.07, 6.45) is -0.322. The molecule has 2 rings (SSSR count). The quantitative estimate of drug-likeness (QED) is 0.662. The molecule has 1 fully saturated rings. The van der Waals surface area contributed by atoms with E-state index in [1.807, 2.05) is 6.92 Å². The summed E-state index contributed by atoms with van der Waals surface area (Å²) in [4.78, 5) is 27.2. The molecule has 28 heavy (non-hydrogen) atoms. The highest BCUT2D eigenvalue weighted by molar-refractivity contribution is 7.89. The Bertz CT molecular complexity index is 804.